The molecule has 0 aliphatic carbocycles. The Bertz CT molecular complexity index is 265. The Labute approximate surface area is 88.8 Å². The van der Waals surface area contributed by atoms with Crippen molar-refractivity contribution < 1.29 is 4.52 Å². The third-order valence-corrected chi connectivity index (χ3v) is 14.8. The first-order chi connectivity index (χ1) is 5.73. The second kappa shape index (κ2) is 3.75. The number of hydrogen-bond acceptors (Lipinski definition) is 2. The van der Waals surface area contributed by atoms with Crippen LogP contribution in [-0.2, 0) is 0 Å². The van der Waals surface area contributed by atoms with E-state index >= 15 is 0 Å². The molecular weight excluding hydrogens is 376 g/mol. The Morgan fingerprint density at radius 1 is 1.00 bits per heavy atom. The van der Waals surface area contributed by atoms with Gasteiger partial charge in [0, 0.05) is 0 Å². The van der Waals surface area contributed by atoms with E-state index in [9.17, 15) is 0 Å². The molecule has 0 saturated heterocycles. The Morgan fingerprint density at radius 3 is 1.85 bits per heavy atom. The molecule has 0 fully saturated rings. The van der Waals surface area contributed by atoms with E-state index in [-0.39, 0.29) is 0 Å². The van der Waals surface area contributed by atoms with Gasteiger partial charge in [0.25, 0.3) is 0 Å². The average molecular weight is 395 g/mol. The number of nitrogens with zero attached hydrogens (tertiary/aromatic N) is 1. The van der Waals surface area contributed by atoms with E-state index in [2.05, 4.69) is 34.8 Å². The Morgan fingerprint density at radius 2 is 1.54 bits per heavy atom. The van der Waals surface area contributed by atoms with Crippen LogP contribution in [0.25, 0.3) is 0 Å². The van der Waals surface area contributed by atoms with Crippen LogP contribution in [0.15, 0.2) is 10.8 Å². The standard InChI is InChI=1S/C3HNO.6CH3.2Sn/c1-2-4-5-3-1;;;;;;;;/h3H;6*1H3;;. The topological polar surface area (TPSA) is 26.0 Å². The zero-order valence-electron chi connectivity index (χ0n) is 9.43. The van der Waals surface area contributed by atoms with Gasteiger partial charge < -0.3 is 0 Å². The van der Waals surface area contributed by atoms with Crippen molar-refractivity contribution in [1.82, 2.24) is 5.16 Å². The molecule has 0 atom stereocenters. The fraction of sp³-hybridized carbons (Fsp3) is 0.667. The molecule has 0 aromatic carbocycles. The van der Waals surface area contributed by atoms with Crippen LogP contribution >= 0.6 is 0 Å². The molecule has 1 heterocycles. The normalized spacial score (nSPS) is 13.4. The molecule has 1 aromatic rings. The molecule has 1 aromatic heterocycles. The molecule has 4 heteroatoms. The maximum absolute atomic E-state index is 5.15. The molecule has 74 valence electrons. The van der Waals surface area contributed by atoms with Gasteiger partial charge in [-0.25, -0.2) is 0 Å². The van der Waals surface area contributed by atoms with Crippen molar-refractivity contribution in [3.8, 4) is 0 Å². The molecule has 13 heavy (non-hydrogen) atoms. The zero-order valence-corrected chi connectivity index (χ0v) is 15.1. The summed E-state index contributed by atoms with van der Waals surface area (Å²) in [6.07, 6.45) is 1.91. The van der Waals surface area contributed by atoms with Crippen LogP contribution in [0.1, 0.15) is 0 Å². The first-order valence-corrected chi connectivity index (χ1v) is 24.7. The fourth-order valence-corrected chi connectivity index (χ4v) is 22.4. The third-order valence-electron chi connectivity index (χ3n) is 2.09. The van der Waals surface area contributed by atoms with Crippen LogP contribution in [0, 0.1) is 0 Å². The predicted molar refractivity (Wildman–Crippen MR) is 62.5 cm³/mol. The van der Waals surface area contributed by atoms with Gasteiger partial charge in [0.15, 0.2) is 0 Å². The molecule has 0 aliphatic rings. The van der Waals surface area contributed by atoms with Gasteiger partial charge in [0.05, 0.1) is 0 Å². The minimum atomic E-state index is -2.01. The summed E-state index contributed by atoms with van der Waals surface area (Å²) >= 11 is -3.97. The van der Waals surface area contributed by atoms with Gasteiger partial charge in [-0.1, -0.05) is 0 Å². The summed E-state index contributed by atoms with van der Waals surface area (Å²) in [5.41, 5.74) is 0. The van der Waals surface area contributed by atoms with Crippen LogP contribution in [0.4, 0.5) is 0 Å². The Hall–Kier alpha value is 0.807. The van der Waals surface area contributed by atoms with Crippen molar-refractivity contribution in [3.05, 3.63) is 6.26 Å². The minimum absolute atomic E-state index is 1.37. The maximum atomic E-state index is 5.15. The van der Waals surface area contributed by atoms with Crippen molar-refractivity contribution in [3.63, 3.8) is 0 Å². The summed E-state index contributed by atoms with van der Waals surface area (Å²) in [6.45, 7) is 0. The summed E-state index contributed by atoms with van der Waals surface area (Å²) in [6, 6.07) is 0. The molecule has 0 aliphatic heterocycles. The second-order valence-corrected chi connectivity index (χ2v) is 34.2. The van der Waals surface area contributed by atoms with Crippen molar-refractivity contribution in [2.75, 3.05) is 0 Å². The van der Waals surface area contributed by atoms with E-state index < -0.39 is 36.8 Å². The van der Waals surface area contributed by atoms with Gasteiger partial charge in [-0.15, -0.1) is 0 Å². The molecule has 0 spiro atoms. The van der Waals surface area contributed by atoms with Gasteiger partial charge in [0.1, 0.15) is 0 Å². The van der Waals surface area contributed by atoms with E-state index in [0.717, 1.165) is 0 Å². The zero-order chi connectivity index (χ0) is 10.3. The number of rotatable bonds is 2. The summed E-state index contributed by atoms with van der Waals surface area (Å²) < 4.78 is 8.04. The molecule has 0 N–H and O–H groups in total. The molecule has 0 saturated carbocycles. The number of hydrogen-bond donors (Lipinski definition) is 0. The summed E-state index contributed by atoms with van der Waals surface area (Å²) in [5.74, 6) is 0. The van der Waals surface area contributed by atoms with E-state index in [1.54, 1.807) is 0 Å². The van der Waals surface area contributed by atoms with E-state index in [1.807, 2.05) is 6.26 Å². The first kappa shape index (κ1) is 11.9. The summed E-state index contributed by atoms with van der Waals surface area (Å²) in [4.78, 5) is 14.4. The van der Waals surface area contributed by atoms with Gasteiger partial charge in [-0.3, -0.25) is 0 Å². The summed E-state index contributed by atoms with van der Waals surface area (Å²) in [5, 5.41) is 4.22. The van der Waals surface area contributed by atoms with Crippen LogP contribution in [0.2, 0.25) is 29.6 Å². The van der Waals surface area contributed by atoms with Gasteiger partial charge in [-0.05, 0) is 0 Å². The van der Waals surface area contributed by atoms with Crippen LogP contribution in [0.5, 0.6) is 0 Å². The first-order valence-electron chi connectivity index (χ1n) is 4.68. The quantitative estimate of drug-likeness (QED) is 0.715. The average Bonchev–Trinajstić information content (AvgIpc) is 2.27. The van der Waals surface area contributed by atoms with Crippen molar-refractivity contribution in [2.45, 2.75) is 29.6 Å². The molecule has 0 unspecified atom stereocenters. The molecule has 0 amide bonds. The number of aromatic nitrogens is 1. The molecule has 0 radical (unpaired) electrons. The SMILES string of the molecule is [CH3][Sn]([CH3])([CH3])[c]1con[c]1[Sn]([CH3])([CH3])[CH3]. The summed E-state index contributed by atoms with van der Waals surface area (Å²) in [7, 11) is 0. The molecule has 2 nitrogen and oxygen atoms in total. The molecular formula is C9H19NOSn2. The molecule has 1 rings (SSSR count). The molecule has 0 bridgehead atoms. The van der Waals surface area contributed by atoms with Gasteiger partial charge in [0.2, 0.25) is 0 Å². The van der Waals surface area contributed by atoms with Crippen LogP contribution < -0.4 is 7.29 Å². The predicted octanol–water partition coefficient (Wildman–Crippen LogP) is 1.76. The van der Waals surface area contributed by atoms with E-state index in [4.69, 9.17) is 4.52 Å². The Kier molecular flexibility index (Phi) is 3.43. The Balaban J connectivity index is 3.19. The van der Waals surface area contributed by atoms with Crippen LogP contribution in [0.3, 0.4) is 0 Å². The van der Waals surface area contributed by atoms with Crippen LogP contribution in [-0.4, -0.2) is 41.9 Å². The van der Waals surface area contributed by atoms with Crippen molar-refractivity contribution in [2.24, 2.45) is 0 Å². The van der Waals surface area contributed by atoms with Gasteiger partial charge in [-0.2, -0.15) is 0 Å². The van der Waals surface area contributed by atoms with Gasteiger partial charge >= 0.3 is 89.6 Å². The monoisotopic (exact) mass is 397 g/mol. The fourth-order valence-electron chi connectivity index (χ4n) is 1.31. The van der Waals surface area contributed by atoms with E-state index in [1.165, 1.54) is 7.29 Å². The van der Waals surface area contributed by atoms with Crippen molar-refractivity contribution >= 4 is 44.0 Å². The van der Waals surface area contributed by atoms with E-state index in [0.29, 0.717) is 0 Å². The second-order valence-electron chi connectivity index (χ2n) is 5.58. The third kappa shape index (κ3) is 2.88. The van der Waals surface area contributed by atoms with Crippen molar-refractivity contribution in [1.29, 1.82) is 0 Å².